The molecule has 3 heterocycles. The molecule has 19 heavy (non-hydrogen) atoms. The number of anilines is 1. The van der Waals surface area contributed by atoms with E-state index in [2.05, 4.69) is 25.5 Å². The van der Waals surface area contributed by atoms with Crippen LogP contribution in [0.2, 0.25) is 0 Å². The molecule has 0 amide bonds. The van der Waals surface area contributed by atoms with Crippen LogP contribution < -0.4 is 4.90 Å². The lowest BCUT2D eigenvalue weighted by atomic mass is 10.1. The quantitative estimate of drug-likeness (QED) is 0.777. The summed E-state index contributed by atoms with van der Waals surface area (Å²) < 4.78 is 2.16. The molecule has 0 aromatic carbocycles. The third-order valence-corrected chi connectivity index (χ3v) is 3.50. The van der Waals surface area contributed by atoms with Crippen LogP contribution in [0.5, 0.6) is 0 Å². The van der Waals surface area contributed by atoms with Gasteiger partial charge in [-0.2, -0.15) is 5.26 Å². The fourth-order valence-electron chi connectivity index (χ4n) is 2.57. The molecule has 0 bridgehead atoms. The predicted octanol–water partition coefficient (Wildman–Crippen LogP) is 1.79. The maximum Gasteiger partial charge on any atom is 0.128 e. The van der Waals surface area contributed by atoms with Crippen molar-refractivity contribution in [1.82, 2.24) is 14.5 Å². The molecule has 0 N–H and O–H groups in total. The van der Waals surface area contributed by atoms with Gasteiger partial charge in [0.25, 0.3) is 0 Å². The number of imidazole rings is 1. The Morgan fingerprint density at radius 2 is 2.16 bits per heavy atom. The van der Waals surface area contributed by atoms with Crippen LogP contribution in [0.1, 0.15) is 22.8 Å². The molecule has 96 valence electrons. The number of hydrogen-bond donors (Lipinski definition) is 0. The normalized spacial score (nSPS) is 14.1. The molecular formula is C14H15N5. The molecule has 0 aliphatic carbocycles. The van der Waals surface area contributed by atoms with E-state index in [4.69, 9.17) is 0 Å². The molecule has 0 saturated heterocycles. The van der Waals surface area contributed by atoms with Gasteiger partial charge >= 0.3 is 0 Å². The van der Waals surface area contributed by atoms with Crippen LogP contribution in [0.3, 0.4) is 0 Å². The van der Waals surface area contributed by atoms with E-state index in [1.54, 1.807) is 0 Å². The summed E-state index contributed by atoms with van der Waals surface area (Å²) in [6, 6.07) is 4.27. The highest BCUT2D eigenvalue weighted by molar-refractivity contribution is 5.61. The molecule has 0 unspecified atom stereocenters. The van der Waals surface area contributed by atoms with Crippen molar-refractivity contribution in [1.29, 1.82) is 5.26 Å². The maximum absolute atomic E-state index is 9.34. The summed E-state index contributed by atoms with van der Waals surface area (Å²) in [5.74, 6) is 1.04. The van der Waals surface area contributed by atoms with Gasteiger partial charge in [-0.1, -0.05) is 0 Å². The van der Waals surface area contributed by atoms with Crippen LogP contribution in [-0.4, -0.2) is 21.1 Å². The van der Waals surface area contributed by atoms with Gasteiger partial charge in [0.05, 0.1) is 23.5 Å². The van der Waals surface area contributed by atoms with Gasteiger partial charge in [-0.15, -0.1) is 0 Å². The second-order valence-corrected chi connectivity index (χ2v) is 4.81. The largest absolute Gasteiger partial charge is 0.361 e. The molecule has 0 spiro atoms. The van der Waals surface area contributed by atoms with E-state index >= 15 is 0 Å². The highest BCUT2D eigenvalue weighted by Gasteiger charge is 2.20. The summed E-state index contributed by atoms with van der Waals surface area (Å²) in [7, 11) is 0. The van der Waals surface area contributed by atoms with Crippen molar-refractivity contribution in [2.24, 2.45) is 0 Å². The molecule has 3 rings (SSSR count). The Morgan fingerprint density at radius 3 is 2.95 bits per heavy atom. The van der Waals surface area contributed by atoms with Gasteiger partial charge in [0, 0.05) is 31.2 Å². The molecule has 0 atom stereocenters. The fraction of sp³-hybridized carbons (Fsp3) is 0.357. The van der Waals surface area contributed by atoms with E-state index in [1.807, 2.05) is 32.3 Å². The number of nitrogens with zero attached hydrogens (tertiary/aromatic N) is 5. The predicted molar refractivity (Wildman–Crippen MR) is 71.7 cm³/mol. The molecule has 0 radical (unpaired) electrons. The van der Waals surface area contributed by atoms with Crippen molar-refractivity contribution < 1.29 is 0 Å². The molecule has 1 aliphatic heterocycles. The number of fused-ring (bicyclic) bond motifs is 1. The zero-order valence-electron chi connectivity index (χ0n) is 11.1. The van der Waals surface area contributed by atoms with E-state index in [9.17, 15) is 5.26 Å². The zero-order chi connectivity index (χ0) is 13.4. The van der Waals surface area contributed by atoms with E-state index in [0.29, 0.717) is 5.56 Å². The summed E-state index contributed by atoms with van der Waals surface area (Å²) in [5, 5.41) is 9.34. The lowest BCUT2D eigenvalue weighted by molar-refractivity contribution is 0.559. The Bertz CT molecular complexity index is 665. The smallest absolute Gasteiger partial charge is 0.128 e. The Balaban J connectivity index is 2.02. The minimum Gasteiger partial charge on any atom is -0.361 e. The maximum atomic E-state index is 9.34. The van der Waals surface area contributed by atoms with Crippen LogP contribution in [0, 0.1) is 25.2 Å². The third-order valence-electron chi connectivity index (χ3n) is 3.50. The topological polar surface area (TPSA) is 57.7 Å². The van der Waals surface area contributed by atoms with Crippen molar-refractivity contribution in [3.63, 3.8) is 0 Å². The zero-order valence-corrected chi connectivity index (χ0v) is 11.1. The number of nitriles is 1. The van der Waals surface area contributed by atoms with Crippen LogP contribution in [0.4, 0.5) is 5.69 Å². The van der Waals surface area contributed by atoms with E-state index in [0.717, 1.165) is 42.5 Å². The van der Waals surface area contributed by atoms with E-state index < -0.39 is 0 Å². The van der Waals surface area contributed by atoms with Gasteiger partial charge < -0.3 is 9.47 Å². The van der Waals surface area contributed by atoms with Gasteiger partial charge in [0.2, 0.25) is 0 Å². The van der Waals surface area contributed by atoms with Crippen molar-refractivity contribution >= 4 is 5.69 Å². The van der Waals surface area contributed by atoms with E-state index in [1.165, 1.54) is 0 Å². The lowest BCUT2D eigenvalue weighted by Gasteiger charge is -2.30. The fourth-order valence-corrected chi connectivity index (χ4v) is 2.57. The number of aryl methyl sites for hydroxylation is 2. The second-order valence-electron chi connectivity index (χ2n) is 4.81. The highest BCUT2D eigenvalue weighted by atomic mass is 15.2. The summed E-state index contributed by atoms with van der Waals surface area (Å²) in [6.45, 7) is 6.38. The van der Waals surface area contributed by atoms with Crippen molar-refractivity contribution in [3.8, 4) is 6.07 Å². The Morgan fingerprint density at radius 1 is 1.32 bits per heavy atom. The number of hydrogen-bond acceptors (Lipinski definition) is 4. The van der Waals surface area contributed by atoms with Gasteiger partial charge in [-0.05, 0) is 19.9 Å². The summed E-state index contributed by atoms with van der Waals surface area (Å²) >= 11 is 0. The summed E-state index contributed by atoms with van der Waals surface area (Å²) in [5.41, 5.74) is 3.39. The lowest BCUT2D eigenvalue weighted by Crippen LogP contribution is -2.34. The first-order valence-corrected chi connectivity index (χ1v) is 6.32. The van der Waals surface area contributed by atoms with Crippen LogP contribution in [0.25, 0.3) is 0 Å². The van der Waals surface area contributed by atoms with Gasteiger partial charge in [0.15, 0.2) is 0 Å². The van der Waals surface area contributed by atoms with Crippen molar-refractivity contribution in [2.45, 2.75) is 26.9 Å². The molecule has 0 fully saturated rings. The van der Waals surface area contributed by atoms with Crippen LogP contribution in [-0.2, 0) is 13.1 Å². The number of aromatic nitrogens is 3. The molecule has 2 aromatic heterocycles. The molecule has 5 heteroatoms. The van der Waals surface area contributed by atoms with Crippen LogP contribution in [0.15, 0.2) is 18.5 Å². The first-order valence-electron chi connectivity index (χ1n) is 6.32. The van der Waals surface area contributed by atoms with Gasteiger partial charge in [-0.25, -0.2) is 4.98 Å². The first kappa shape index (κ1) is 11.7. The van der Waals surface area contributed by atoms with Crippen LogP contribution >= 0.6 is 0 Å². The first-order chi connectivity index (χ1) is 9.19. The average molecular weight is 253 g/mol. The second kappa shape index (κ2) is 4.39. The standard InChI is InChI=1S/C14H15N5/c1-10-7-13(12(8-15)11(2)17-10)19-6-5-18-4-3-16-14(18)9-19/h3-4,7H,5-6,9H2,1-2H3. The minimum atomic E-state index is 0.672. The van der Waals surface area contributed by atoms with Gasteiger partial charge in [-0.3, -0.25) is 4.98 Å². The Kier molecular flexibility index (Phi) is 2.71. The van der Waals surface area contributed by atoms with Crippen molar-refractivity contribution in [3.05, 3.63) is 41.2 Å². The number of rotatable bonds is 1. The molecule has 5 nitrogen and oxygen atoms in total. The molecule has 1 aliphatic rings. The average Bonchev–Trinajstić information content (AvgIpc) is 2.85. The highest BCUT2D eigenvalue weighted by Crippen LogP contribution is 2.26. The molecular weight excluding hydrogens is 238 g/mol. The minimum absolute atomic E-state index is 0.672. The summed E-state index contributed by atoms with van der Waals surface area (Å²) in [6.07, 6.45) is 3.83. The molecule has 2 aromatic rings. The van der Waals surface area contributed by atoms with Crippen molar-refractivity contribution in [2.75, 3.05) is 11.4 Å². The summed E-state index contributed by atoms with van der Waals surface area (Å²) in [4.78, 5) is 10.9. The third kappa shape index (κ3) is 1.95. The monoisotopic (exact) mass is 253 g/mol. The Hall–Kier alpha value is -2.35. The Labute approximate surface area is 112 Å². The van der Waals surface area contributed by atoms with E-state index in [-0.39, 0.29) is 0 Å². The SMILES string of the molecule is Cc1cc(N2CCn3ccnc3C2)c(C#N)c(C)n1. The molecule has 0 saturated carbocycles. The van der Waals surface area contributed by atoms with Gasteiger partial charge in [0.1, 0.15) is 11.9 Å². The number of pyridine rings is 1.